The molecule has 1 heterocycles. The molecule has 1 N–H and O–H groups in total. The molecular formula is C28H35NO6. The van der Waals surface area contributed by atoms with Gasteiger partial charge in [0.2, 0.25) is 11.7 Å². The average Bonchev–Trinajstić information content (AvgIpc) is 2.89. The third kappa shape index (κ3) is 4.82. The lowest BCUT2D eigenvalue weighted by Gasteiger charge is -2.52. The molecule has 2 aliphatic rings. The fraction of sp³-hybridized carbons (Fsp3) is 0.464. The Morgan fingerprint density at radius 2 is 1.66 bits per heavy atom. The second-order valence-corrected chi connectivity index (χ2v) is 9.22. The Balaban J connectivity index is 1.68. The minimum absolute atomic E-state index is 0.0418. The number of benzene rings is 2. The van der Waals surface area contributed by atoms with Gasteiger partial charge in [-0.2, -0.15) is 0 Å². The summed E-state index contributed by atoms with van der Waals surface area (Å²) in [5, 5.41) is 11.5. The molecule has 188 valence electrons. The standard InChI is InChI=1S/C28H35NO6/c1-32-22-11-6-5-9-20(22)26-21-10-7-8-14-28(21,31)15-16-29(26)25(30)13-12-19-17-23(33-2)27(35-4)24(18-19)34-3/h5-6,9,11-13,17-18,21,26,31H,7-8,10,14-16H2,1-4H3/b13-12+/t21-,26+,28+/m1/s1. The number of rotatable bonds is 7. The molecule has 0 spiro atoms. The Kier molecular flexibility index (Phi) is 7.55. The summed E-state index contributed by atoms with van der Waals surface area (Å²) in [7, 11) is 6.32. The van der Waals surface area contributed by atoms with E-state index >= 15 is 0 Å². The molecule has 1 saturated heterocycles. The zero-order valence-electron chi connectivity index (χ0n) is 21.0. The van der Waals surface area contributed by atoms with Crippen LogP contribution in [-0.4, -0.2) is 56.5 Å². The highest BCUT2D eigenvalue weighted by atomic mass is 16.5. The molecule has 35 heavy (non-hydrogen) atoms. The normalized spacial score (nSPS) is 24.1. The van der Waals surface area contributed by atoms with Gasteiger partial charge in [-0.25, -0.2) is 0 Å². The van der Waals surface area contributed by atoms with E-state index in [4.69, 9.17) is 18.9 Å². The summed E-state index contributed by atoms with van der Waals surface area (Å²) in [4.78, 5) is 15.5. The number of hydrogen-bond acceptors (Lipinski definition) is 6. The molecule has 4 rings (SSSR count). The van der Waals surface area contributed by atoms with Crippen LogP contribution in [0.1, 0.15) is 49.3 Å². The van der Waals surface area contributed by atoms with Crippen LogP contribution in [0.5, 0.6) is 23.0 Å². The Hall–Kier alpha value is -3.19. The molecule has 0 unspecified atom stereocenters. The number of carbonyl (C=O) groups is 1. The van der Waals surface area contributed by atoms with Crippen LogP contribution in [0, 0.1) is 5.92 Å². The minimum Gasteiger partial charge on any atom is -0.496 e. The summed E-state index contributed by atoms with van der Waals surface area (Å²) >= 11 is 0. The van der Waals surface area contributed by atoms with Crippen LogP contribution in [0.25, 0.3) is 6.08 Å². The lowest BCUT2D eigenvalue weighted by atomic mass is 9.66. The lowest BCUT2D eigenvalue weighted by molar-refractivity contribution is -0.151. The van der Waals surface area contributed by atoms with Gasteiger partial charge in [-0.1, -0.05) is 31.0 Å². The van der Waals surface area contributed by atoms with Gasteiger partial charge in [-0.3, -0.25) is 4.79 Å². The summed E-state index contributed by atoms with van der Waals surface area (Å²) in [5.41, 5.74) is 0.934. The molecule has 1 aliphatic heterocycles. The first-order valence-corrected chi connectivity index (χ1v) is 12.1. The number of aliphatic hydroxyl groups is 1. The maximum absolute atomic E-state index is 13.6. The molecule has 1 aliphatic carbocycles. The summed E-state index contributed by atoms with van der Waals surface area (Å²) in [5.74, 6) is 2.13. The number of fused-ring (bicyclic) bond motifs is 1. The number of nitrogens with zero attached hydrogens (tertiary/aromatic N) is 1. The fourth-order valence-electron chi connectivity index (χ4n) is 5.69. The topological polar surface area (TPSA) is 77.5 Å². The van der Waals surface area contributed by atoms with Crippen molar-refractivity contribution in [2.24, 2.45) is 5.92 Å². The molecular weight excluding hydrogens is 446 g/mol. The number of hydrogen-bond donors (Lipinski definition) is 1. The number of amides is 1. The van der Waals surface area contributed by atoms with Gasteiger partial charge in [-0.15, -0.1) is 0 Å². The molecule has 0 aromatic heterocycles. The van der Waals surface area contributed by atoms with E-state index in [0.29, 0.717) is 30.2 Å². The van der Waals surface area contributed by atoms with Crippen LogP contribution in [0.4, 0.5) is 0 Å². The van der Waals surface area contributed by atoms with Crippen molar-refractivity contribution >= 4 is 12.0 Å². The SMILES string of the molecule is COc1ccccc1[C@H]1[C@H]2CCCC[C@]2(O)CCN1C(=O)/C=C/c1cc(OC)c(OC)c(OC)c1. The molecule has 2 aromatic rings. The van der Waals surface area contributed by atoms with Crippen LogP contribution in [-0.2, 0) is 4.79 Å². The maximum atomic E-state index is 13.6. The predicted octanol–water partition coefficient (Wildman–Crippen LogP) is 4.63. The van der Waals surface area contributed by atoms with Crippen molar-refractivity contribution in [2.45, 2.75) is 43.7 Å². The van der Waals surface area contributed by atoms with Gasteiger partial charge in [0, 0.05) is 24.1 Å². The number of methoxy groups -OCH3 is 4. The van der Waals surface area contributed by atoms with Gasteiger partial charge in [0.05, 0.1) is 40.1 Å². The van der Waals surface area contributed by atoms with Gasteiger partial charge in [0.25, 0.3) is 0 Å². The number of piperidine rings is 1. The van der Waals surface area contributed by atoms with Crippen molar-refractivity contribution in [3.05, 3.63) is 53.6 Å². The van der Waals surface area contributed by atoms with Gasteiger partial charge >= 0.3 is 0 Å². The van der Waals surface area contributed by atoms with Gasteiger partial charge < -0.3 is 29.0 Å². The van der Waals surface area contributed by atoms with Gasteiger partial charge in [-0.05, 0) is 49.1 Å². The quantitative estimate of drug-likeness (QED) is 0.581. The van der Waals surface area contributed by atoms with E-state index in [1.807, 2.05) is 29.2 Å². The van der Waals surface area contributed by atoms with Crippen LogP contribution in [0.15, 0.2) is 42.5 Å². The summed E-state index contributed by atoms with van der Waals surface area (Å²) in [6, 6.07) is 11.2. The van der Waals surface area contributed by atoms with Crippen molar-refractivity contribution in [1.29, 1.82) is 0 Å². The van der Waals surface area contributed by atoms with Crippen molar-refractivity contribution in [1.82, 2.24) is 4.90 Å². The number of ether oxygens (including phenoxy) is 4. The zero-order valence-corrected chi connectivity index (χ0v) is 21.0. The molecule has 2 aromatic carbocycles. The van der Waals surface area contributed by atoms with E-state index in [1.165, 1.54) is 0 Å². The van der Waals surface area contributed by atoms with E-state index in [-0.39, 0.29) is 17.9 Å². The van der Waals surface area contributed by atoms with E-state index in [1.54, 1.807) is 52.7 Å². The van der Waals surface area contributed by atoms with E-state index in [0.717, 1.165) is 42.6 Å². The van der Waals surface area contributed by atoms with Crippen molar-refractivity contribution in [3.63, 3.8) is 0 Å². The molecule has 7 heteroatoms. The Bertz CT molecular complexity index is 1060. The van der Waals surface area contributed by atoms with Crippen molar-refractivity contribution in [3.8, 4) is 23.0 Å². The molecule has 0 bridgehead atoms. The monoisotopic (exact) mass is 481 g/mol. The maximum Gasteiger partial charge on any atom is 0.247 e. The minimum atomic E-state index is -0.763. The third-order valence-corrected chi connectivity index (χ3v) is 7.41. The van der Waals surface area contributed by atoms with Crippen LogP contribution < -0.4 is 18.9 Å². The second-order valence-electron chi connectivity index (χ2n) is 9.22. The number of likely N-dealkylation sites (tertiary alicyclic amines) is 1. The van der Waals surface area contributed by atoms with Crippen LogP contribution in [0.2, 0.25) is 0 Å². The fourth-order valence-corrected chi connectivity index (χ4v) is 5.69. The molecule has 3 atom stereocenters. The van der Waals surface area contributed by atoms with Crippen molar-refractivity contribution in [2.75, 3.05) is 35.0 Å². The first kappa shape index (κ1) is 24.9. The van der Waals surface area contributed by atoms with E-state index < -0.39 is 5.60 Å². The Morgan fingerprint density at radius 1 is 0.971 bits per heavy atom. The van der Waals surface area contributed by atoms with Gasteiger partial charge in [0.15, 0.2) is 11.5 Å². The Labute approximate surface area is 207 Å². The summed E-state index contributed by atoms with van der Waals surface area (Å²) in [6.45, 7) is 0.480. The zero-order chi connectivity index (χ0) is 25.0. The lowest BCUT2D eigenvalue weighted by Crippen LogP contribution is -2.56. The van der Waals surface area contributed by atoms with E-state index in [9.17, 15) is 9.90 Å². The number of carbonyl (C=O) groups excluding carboxylic acids is 1. The highest BCUT2D eigenvalue weighted by Crippen LogP contribution is 2.51. The first-order chi connectivity index (χ1) is 17.0. The number of para-hydroxylation sites is 1. The van der Waals surface area contributed by atoms with Crippen molar-refractivity contribution < 1.29 is 28.8 Å². The smallest absolute Gasteiger partial charge is 0.247 e. The van der Waals surface area contributed by atoms with Crippen LogP contribution >= 0.6 is 0 Å². The highest BCUT2D eigenvalue weighted by Gasteiger charge is 2.50. The first-order valence-electron chi connectivity index (χ1n) is 12.1. The molecule has 7 nitrogen and oxygen atoms in total. The molecule has 1 saturated carbocycles. The molecule has 2 fully saturated rings. The van der Waals surface area contributed by atoms with E-state index in [2.05, 4.69) is 0 Å². The molecule has 1 amide bonds. The second kappa shape index (κ2) is 10.6. The average molecular weight is 482 g/mol. The largest absolute Gasteiger partial charge is 0.496 e. The predicted molar refractivity (Wildman–Crippen MR) is 134 cm³/mol. The highest BCUT2D eigenvalue weighted by molar-refractivity contribution is 5.92. The summed E-state index contributed by atoms with van der Waals surface area (Å²) in [6.07, 6.45) is 7.62. The van der Waals surface area contributed by atoms with Crippen LogP contribution in [0.3, 0.4) is 0 Å². The Morgan fingerprint density at radius 3 is 2.31 bits per heavy atom. The summed E-state index contributed by atoms with van der Waals surface area (Å²) < 4.78 is 21.9. The van der Waals surface area contributed by atoms with Gasteiger partial charge in [0.1, 0.15) is 5.75 Å². The third-order valence-electron chi connectivity index (χ3n) is 7.41. The molecule has 0 radical (unpaired) electrons.